The summed E-state index contributed by atoms with van der Waals surface area (Å²) in [5.74, 6) is 0.242. The molecule has 2 amide bonds. The maximum atomic E-state index is 14.0. The summed E-state index contributed by atoms with van der Waals surface area (Å²) in [6, 6.07) is 24.1. The molecule has 10 nitrogen and oxygen atoms in total. The Labute approximate surface area is 277 Å². The number of aliphatic hydroxyl groups excluding tert-OH is 2. The Morgan fingerprint density at radius 2 is 1.72 bits per heavy atom. The van der Waals surface area contributed by atoms with Gasteiger partial charge in [-0.15, -0.1) is 0 Å². The van der Waals surface area contributed by atoms with Crippen LogP contribution in [0.5, 0.6) is 5.75 Å². The lowest BCUT2D eigenvalue weighted by Gasteiger charge is -2.33. The Kier molecular flexibility index (Phi) is 12.8. The van der Waals surface area contributed by atoms with E-state index in [1.165, 1.54) is 7.11 Å². The number of nitrogens with one attached hydrogen (secondary N) is 1. The monoisotopic (exact) mass is 645 g/mol. The molecule has 1 heterocycles. The highest BCUT2D eigenvalue weighted by Crippen LogP contribution is 2.37. The van der Waals surface area contributed by atoms with Crippen molar-refractivity contribution < 1.29 is 34.0 Å². The van der Waals surface area contributed by atoms with E-state index in [1.54, 1.807) is 4.90 Å². The van der Waals surface area contributed by atoms with Crippen LogP contribution in [0.25, 0.3) is 0 Å². The van der Waals surface area contributed by atoms with Crippen LogP contribution in [-0.4, -0.2) is 103 Å². The third kappa shape index (κ3) is 9.85. The molecule has 1 fully saturated rings. The summed E-state index contributed by atoms with van der Waals surface area (Å²) in [6.07, 6.45) is -0.667. The van der Waals surface area contributed by atoms with Crippen LogP contribution < -0.4 is 10.1 Å². The minimum atomic E-state index is -0.975. The summed E-state index contributed by atoms with van der Waals surface area (Å²) in [5.41, 5.74) is 3.83. The van der Waals surface area contributed by atoms with Crippen LogP contribution in [0.3, 0.4) is 0 Å². The van der Waals surface area contributed by atoms with Crippen LogP contribution in [0.15, 0.2) is 78.9 Å². The lowest BCUT2D eigenvalue weighted by atomic mass is 9.97. The van der Waals surface area contributed by atoms with E-state index < -0.39 is 24.3 Å². The molecule has 2 aliphatic rings. The minimum absolute atomic E-state index is 0.0424. The molecule has 252 valence electrons. The maximum Gasteiger partial charge on any atom is 0.246 e. The molecule has 10 heteroatoms. The van der Waals surface area contributed by atoms with E-state index in [1.807, 2.05) is 78.9 Å². The van der Waals surface area contributed by atoms with Gasteiger partial charge in [-0.05, 0) is 47.2 Å². The van der Waals surface area contributed by atoms with Gasteiger partial charge in [-0.2, -0.15) is 0 Å². The van der Waals surface area contributed by atoms with Crippen LogP contribution in [0.1, 0.15) is 41.1 Å². The van der Waals surface area contributed by atoms with E-state index in [4.69, 9.17) is 14.2 Å². The Morgan fingerprint density at radius 3 is 2.47 bits per heavy atom. The number of morpholine rings is 1. The second-order valence-electron chi connectivity index (χ2n) is 12.3. The van der Waals surface area contributed by atoms with Crippen molar-refractivity contribution in [1.29, 1.82) is 0 Å². The lowest BCUT2D eigenvalue weighted by Crippen LogP contribution is -2.46. The zero-order valence-electron chi connectivity index (χ0n) is 27.1. The minimum Gasteiger partial charge on any atom is -0.492 e. The predicted octanol–water partition coefficient (Wildman–Crippen LogP) is 2.90. The first-order chi connectivity index (χ1) is 22.9. The number of fused-ring (bicyclic) bond motifs is 1. The van der Waals surface area contributed by atoms with Gasteiger partial charge < -0.3 is 34.6 Å². The third-order valence-electron chi connectivity index (χ3n) is 8.92. The molecule has 0 unspecified atom stereocenters. The molecule has 3 aromatic carbocycles. The summed E-state index contributed by atoms with van der Waals surface area (Å²) in [6.45, 7) is 4.91. The predicted molar refractivity (Wildman–Crippen MR) is 178 cm³/mol. The molecule has 0 spiro atoms. The number of rotatable bonds is 16. The number of ether oxygens (including phenoxy) is 3. The van der Waals surface area contributed by atoms with Crippen molar-refractivity contribution in [2.45, 2.75) is 56.5 Å². The average molecular weight is 646 g/mol. The second-order valence-corrected chi connectivity index (χ2v) is 12.3. The molecule has 0 aromatic heterocycles. The largest absolute Gasteiger partial charge is 0.492 e. The summed E-state index contributed by atoms with van der Waals surface area (Å²) >= 11 is 0. The molecule has 47 heavy (non-hydrogen) atoms. The fourth-order valence-corrected chi connectivity index (χ4v) is 6.42. The molecule has 5 rings (SSSR count). The first-order valence-electron chi connectivity index (χ1n) is 16.5. The van der Waals surface area contributed by atoms with Crippen molar-refractivity contribution in [3.05, 3.63) is 101 Å². The van der Waals surface area contributed by atoms with Gasteiger partial charge in [0.1, 0.15) is 19.0 Å². The van der Waals surface area contributed by atoms with Gasteiger partial charge in [-0.25, -0.2) is 0 Å². The quantitative estimate of drug-likeness (QED) is 0.218. The van der Waals surface area contributed by atoms with Gasteiger partial charge in [-0.1, -0.05) is 66.7 Å². The highest BCUT2D eigenvalue weighted by molar-refractivity contribution is 5.78. The highest BCUT2D eigenvalue weighted by Gasteiger charge is 2.38. The molecule has 3 N–H and O–H groups in total. The lowest BCUT2D eigenvalue weighted by molar-refractivity contribution is -0.137. The molecule has 0 bridgehead atoms. The normalized spacial score (nSPS) is 19.0. The first kappa shape index (κ1) is 34.5. The Bertz CT molecular complexity index is 1410. The Balaban J connectivity index is 1.26. The number of carbonyl (C=O) groups excluding carboxylic acids is 2. The van der Waals surface area contributed by atoms with E-state index in [2.05, 4.69) is 10.2 Å². The van der Waals surface area contributed by atoms with E-state index in [0.717, 1.165) is 60.9 Å². The van der Waals surface area contributed by atoms with Crippen LogP contribution in [0.2, 0.25) is 0 Å². The summed E-state index contributed by atoms with van der Waals surface area (Å²) in [7, 11) is 1.44. The van der Waals surface area contributed by atoms with Gasteiger partial charge in [0.05, 0.1) is 37.5 Å². The van der Waals surface area contributed by atoms with Gasteiger partial charge in [-0.3, -0.25) is 14.5 Å². The van der Waals surface area contributed by atoms with Crippen LogP contribution in [0.4, 0.5) is 0 Å². The number of nitrogens with zero attached hydrogens (tertiary/aromatic N) is 2. The van der Waals surface area contributed by atoms with Gasteiger partial charge in [0.25, 0.3) is 0 Å². The topological polar surface area (TPSA) is 121 Å². The molecule has 1 saturated heterocycles. The second kappa shape index (κ2) is 17.4. The fourth-order valence-electron chi connectivity index (χ4n) is 6.42. The van der Waals surface area contributed by atoms with Crippen molar-refractivity contribution in [2.24, 2.45) is 0 Å². The zero-order valence-corrected chi connectivity index (χ0v) is 27.1. The van der Waals surface area contributed by atoms with Crippen molar-refractivity contribution in [3.63, 3.8) is 0 Å². The molecule has 4 atom stereocenters. The molecular weight excluding hydrogens is 598 g/mol. The van der Waals surface area contributed by atoms with Crippen LogP contribution in [0, 0.1) is 0 Å². The summed E-state index contributed by atoms with van der Waals surface area (Å²) in [5, 5.41) is 25.3. The van der Waals surface area contributed by atoms with E-state index in [0.29, 0.717) is 19.4 Å². The number of amides is 2. The molecule has 1 aliphatic carbocycles. The summed E-state index contributed by atoms with van der Waals surface area (Å²) in [4.78, 5) is 30.5. The first-order valence-corrected chi connectivity index (χ1v) is 16.5. The van der Waals surface area contributed by atoms with Crippen LogP contribution in [-0.2, 0) is 38.4 Å². The highest BCUT2D eigenvalue weighted by atomic mass is 16.5. The number of hydrogen-bond acceptors (Lipinski definition) is 8. The third-order valence-corrected chi connectivity index (χ3v) is 8.92. The van der Waals surface area contributed by atoms with Gasteiger partial charge in [0.15, 0.2) is 0 Å². The Morgan fingerprint density at radius 1 is 1.00 bits per heavy atom. The van der Waals surface area contributed by atoms with E-state index in [9.17, 15) is 19.8 Å². The molecule has 1 aliphatic heterocycles. The van der Waals surface area contributed by atoms with Crippen LogP contribution >= 0.6 is 0 Å². The molecule has 3 aromatic rings. The number of hydrogen-bond donors (Lipinski definition) is 3. The van der Waals surface area contributed by atoms with Crippen molar-refractivity contribution in [2.75, 3.05) is 53.2 Å². The number of methoxy groups -OCH3 is 1. The standard InChI is InChI=1S/C37H47N3O7/c1-45-26-35(43)38-32(23-27-7-3-2-4-8-27)33(41)15-16-36(44)40(37-31-10-6-5-9-29(31)24-34(37)42)25-28-11-13-30(14-12-28)47-22-19-39-17-20-46-21-18-39/h2-14,32-34,37,41-42H,15-26H2,1H3,(H,38,43)/t32-,33-,34+,37-/m0/s1. The van der Waals surface area contributed by atoms with Crippen molar-refractivity contribution >= 4 is 11.8 Å². The van der Waals surface area contributed by atoms with Crippen molar-refractivity contribution in [3.8, 4) is 5.75 Å². The smallest absolute Gasteiger partial charge is 0.246 e. The van der Waals surface area contributed by atoms with Crippen molar-refractivity contribution in [1.82, 2.24) is 15.1 Å². The molecule has 0 saturated carbocycles. The molecule has 0 radical (unpaired) electrons. The molecular formula is C37H47N3O7. The Hall–Kier alpha value is -3.80. The average Bonchev–Trinajstić information content (AvgIpc) is 3.42. The van der Waals surface area contributed by atoms with Gasteiger partial charge >= 0.3 is 0 Å². The fraction of sp³-hybridized carbons (Fsp3) is 0.459. The zero-order chi connectivity index (χ0) is 33.0. The van der Waals surface area contributed by atoms with Gasteiger partial charge in [0.2, 0.25) is 11.8 Å². The maximum absolute atomic E-state index is 14.0. The number of aliphatic hydroxyl groups is 2. The summed E-state index contributed by atoms with van der Waals surface area (Å²) < 4.78 is 16.4. The van der Waals surface area contributed by atoms with Gasteiger partial charge in [0, 0.05) is 46.1 Å². The number of carbonyl (C=O) groups is 2. The van der Waals surface area contributed by atoms with E-state index in [-0.39, 0.29) is 37.8 Å². The number of benzene rings is 3. The SMILES string of the molecule is COCC(=O)N[C@@H](Cc1ccccc1)[C@@H](O)CCC(=O)N(Cc1ccc(OCCN2CCOCC2)cc1)[C@H]1c2ccccc2C[C@H]1O. The van der Waals surface area contributed by atoms with E-state index >= 15 is 0 Å².